The van der Waals surface area contributed by atoms with Crippen molar-refractivity contribution < 1.29 is 9.53 Å². The van der Waals surface area contributed by atoms with Crippen LogP contribution in [0.15, 0.2) is 16.8 Å². The molecule has 0 spiro atoms. The summed E-state index contributed by atoms with van der Waals surface area (Å²) in [7, 11) is 0. The van der Waals surface area contributed by atoms with E-state index in [1.54, 1.807) is 11.3 Å². The summed E-state index contributed by atoms with van der Waals surface area (Å²) in [5.41, 5.74) is 0.311. The molecule has 1 fully saturated rings. The van der Waals surface area contributed by atoms with E-state index in [4.69, 9.17) is 4.74 Å². The van der Waals surface area contributed by atoms with E-state index in [0.29, 0.717) is 6.61 Å². The number of carbonyl (C=O) groups is 1. The minimum atomic E-state index is -0.504. The molecule has 0 radical (unpaired) electrons. The van der Waals surface area contributed by atoms with Gasteiger partial charge in [-0.05, 0) is 44.1 Å². The number of thiophene rings is 1. The van der Waals surface area contributed by atoms with E-state index >= 15 is 0 Å². The van der Waals surface area contributed by atoms with Gasteiger partial charge >= 0.3 is 0 Å². The fourth-order valence-corrected chi connectivity index (χ4v) is 2.95. The lowest BCUT2D eigenvalue weighted by Gasteiger charge is -2.26. The standard InChI is InChI=1S/C12H16O2S/c1-2-14-12(6-3-4-7-12)11(13)10-5-8-15-9-10/h5,8-9H,2-4,6-7H2,1H3. The second-order valence-corrected chi connectivity index (χ2v) is 4.76. The first-order valence-corrected chi connectivity index (χ1v) is 6.44. The van der Waals surface area contributed by atoms with Gasteiger partial charge in [0.2, 0.25) is 0 Å². The number of rotatable bonds is 4. The van der Waals surface area contributed by atoms with Crippen LogP contribution in [0.1, 0.15) is 43.0 Å². The van der Waals surface area contributed by atoms with Crippen molar-refractivity contribution in [2.75, 3.05) is 6.61 Å². The molecule has 0 aliphatic heterocycles. The predicted molar refractivity (Wildman–Crippen MR) is 61.5 cm³/mol. The number of hydrogen-bond donors (Lipinski definition) is 0. The molecule has 0 amide bonds. The Balaban J connectivity index is 2.21. The van der Waals surface area contributed by atoms with Crippen molar-refractivity contribution in [2.24, 2.45) is 0 Å². The largest absolute Gasteiger partial charge is 0.367 e. The molecule has 0 bridgehead atoms. The molecule has 2 nitrogen and oxygen atoms in total. The van der Waals surface area contributed by atoms with Gasteiger partial charge in [0.05, 0.1) is 0 Å². The van der Waals surface area contributed by atoms with E-state index in [2.05, 4.69) is 0 Å². The van der Waals surface area contributed by atoms with Gasteiger partial charge in [-0.2, -0.15) is 11.3 Å². The van der Waals surface area contributed by atoms with Crippen molar-refractivity contribution in [3.8, 4) is 0 Å². The third-order valence-corrected chi connectivity index (χ3v) is 3.71. The Labute approximate surface area is 94.3 Å². The minimum absolute atomic E-state index is 0.183. The van der Waals surface area contributed by atoms with Gasteiger partial charge in [0.15, 0.2) is 5.78 Å². The summed E-state index contributed by atoms with van der Waals surface area (Å²) < 4.78 is 5.73. The Hall–Kier alpha value is -0.670. The van der Waals surface area contributed by atoms with Crippen molar-refractivity contribution in [3.05, 3.63) is 22.4 Å². The van der Waals surface area contributed by atoms with Gasteiger partial charge in [0.1, 0.15) is 5.60 Å². The van der Waals surface area contributed by atoms with Crippen LogP contribution >= 0.6 is 11.3 Å². The molecule has 15 heavy (non-hydrogen) atoms. The second-order valence-electron chi connectivity index (χ2n) is 3.98. The van der Waals surface area contributed by atoms with Crippen LogP contribution in [0.5, 0.6) is 0 Å². The molecule has 0 N–H and O–H groups in total. The predicted octanol–water partition coefficient (Wildman–Crippen LogP) is 3.28. The number of carbonyl (C=O) groups excluding carboxylic acids is 1. The molecule has 2 rings (SSSR count). The third-order valence-electron chi connectivity index (χ3n) is 3.03. The first-order chi connectivity index (χ1) is 7.28. The molecule has 1 aliphatic rings. The first kappa shape index (κ1) is 10.8. The number of ketones is 1. The Morgan fingerprint density at radius 2 is 2.27 bits per heavy atom. The number of hydrogen-bond acceptors (Lipinski definition) is 3. The van der Waals surface area contributed by atoms with E-state index in [1.165, 1.54) is 0 Å². The smallest absolute Gasteiger partial charge is 0.195 e. The van der Waals surface area contributed by atoms with Gasteiger partial charge < -0.3 is 4.74 Å². The Morgan fingerprint density at radius 3 is 2.80 bits per heavy atom. The quantitative estimate of drug-likeness (QED) is 0.734. The maximum absolute atomic E-state index is 12.3. The zero-order valence-corrected chi connectivity index (χ0v) is 9.81. The van der Waals surface area contributed by atoms with Gasteiger partial charge in [-0.15, -0.1) is 0 Å². The molecule has 0 unspecified atom stereocenters. The van der Waals surface area contributed by atoms with E-state index in [0.717, 1.165) is 31.2 Å². The van der Waals surface area contributed by atoms with Crippen molar-refractivity contribution in [3.63, 3.8) is 0 Å². The molecule has 0 aromatic carbocycles. The Kier molecular flexibility index (Phi) is 3.22. The van der Waals surface area contributed by atoms with E-state index in [-0.39, 0.29) is 5.78 Å². The third kappa shape index (κ3) is 1.99. The topological polar surface area (TPSA) is 26.3 Å². The number of Topliss-reactive ketones (excluding diaryl/α,β-unsaturated/α-hetero) is 1. The summed E-state index contributed by atoms with van der Waals surface area (Å²) in [4.78, 5) is 12.3. The molecule has 82 valence electrons. The van der Waals surface area contributed by atoms with Crippen LogP contribution < -0.4 is 0 Å². The van der Waals surface area contributed by atoms with Crippen LogP contribution in [0.2, 0.25) is 0 Å². The van der Waals surface area contributed by atoms with Gasteiger partial charge in [-0.3, -0.25) is 4.79 Å². The maximum Gasteiger partial charge on any atom is 0.195 e. The van der Waals surface area contributed by atoms with Crippen LogP contribution in [0.25, 0.3) is 0 Å². The van der Waals surface area contributed by atoms with Gasteiger partial charge in [-0.1, -0.05) is 0 Å². The summed E-state index contributed by atoms with van der Waals surface area (Å²) >= 11 is 1.57. The lowest BCUT2D eigenvalue weighted by atomic mass is 9.92. The van der Waals surface area contributed by atoms with Crippen LogP contribution in [0, 0.1) is 0 Å². The molecule has 1 aliphatic carbocycles. The van der Waals surface area contributed by atoms with Crippen LogP contribution in [-0.4, -0.2) is 18.0 Å². The highest BCUT2D eigenvalue weighted by Gasteiger charge is 2.42. The van der Waals surface area contributed by atoms with Crippen LogP contribution in [0.3, 0.4) is 0 Å². The van der Waals surface area contributed by atoms with Crippen LogP contribution in [-0.2, 0) is 4.74 Å². The summed E-state index contributed by atoms with van der Waals surface area (Å²) in [6.45, 7) is 2.58. The molecule has 3 heteroatoms. The normalized spacial score (nSPS) is 19.3. The molecule has 1 heterocycles. The lowest BCUT2D eigenvalue weighted by Crippen LogP contribution is -2.38. The highest BCUT2D eigenvalue weighted by molar-refractivity contribution is 7.08. The summed E-state index contributed by atoms with van der Waals surface area (Å²) in [6, 6.07) is 1.89. The van der Waals surface area contributed by atoms with Gasteiger partial charge in [0.25, 0.3) is 0 Å². The maximum atomic E-state index is 12.3. The van der Waals surface area contributed by atoms with Crippen molar-refractivity contribution in [1.29, 1.82) is 0 Å². The monoisotopic (exact) mass is 224 g/mol. The highest BCUT2D eigenvalue weighted by Crippen LogP contribution is 2.36. The summed E-state index contributed by atoms with van der Waals surface area (Å²) in [5.74, 6) is 0.183. The average molecular weight is 224 g/mol. The van der Waals surface area contributed by atoms with E-state index in [1.807, 2.05) is 23.8 Å². The molecule has 0 atom stereocenters. The summed E-state index contributed by atoms with van der Waals surface area (Å²) in [5, 5.41) is 3.86. The Bertz CT molecular complexity index is 323. The number of ether oxygens (including phenoxy) is 1. The molecular formula is C12H16O2S. The second kappa shape index (κ2) is 4.45. The van der Waals surface area contributed by atoms with Gasteiger partial charge in [0, 0.05) is 17.6 Å². The molecular weight excluding hydrogens is 208 g/mol. The fraction of sp³-hybridized carbons (Fsp3) is 0.583. The molecule has 0 saturated heterocycles. The van der Waals surface area contributed by atoms with E-state index in [9.17, 15) is 4.79 Å². The van der Waals surface area contributed by atoms with Crippen molar-refractivity contribution in [2.45, 2.75) is 38.2 Å². The highest BCUT2D eigenvalue weighted by atomic mass is 32.1. The summed E-state index contributed by atoms with van der Waals surface area (Å²) in [6.07, 6.45) is 3.98. The molecule has 1 saturated carbocycles. The minimum Gasteiger partial charge on any atom is -0.367 e. The lowest BCUT2D eigenvalue weighted by molar-refractivity contribution is -0.0163. The average Bonchev–Trinajstić information content (AvgIpc) is 2.88. The van der Waals surface area contributed by atoms with Crippen molar-refractivity contribution >= 4 is 17.1 Å². The first-order valence-electron chi connectivity index (χ1n) is 5.49. The van der Waals surface area contributed by atoms with Crippen molar-refractivity contribution in [1.82, 2.24) is 0 Å². The Morgan fingerprint density at radius 1 is 1.53 bits per heavy atom. The molecule has 1 aromatic heterocycles. The molecule has 1 aromatic rings. The van der Waals surface area contributed by atoms with Gasteiger partial charge in [-0.25, -0.2) is 0 Å². The zero-order valence-electron chi connectivity index (χ0n) is 8.99. The van der Waals surface area contributed by atoms with E-state index < -0.39 is 5.60 Å². The van der Waals surface area contributed by atoms with Crippen LogP contribution in [0.4, 0.5) is 0 Å². The fourth-order valence-electron chi connectivity index (χ4n) is 2.32. The SMILES string of the molecule is CCOC1(C(=O)c2ccsc2)CCCC1. The zero-order chi connectivity index (χ0) is 10.7.